The van der Waals surface area contributed by atoms with Crippen LogP contribution in [-0.2, 0) is 0 Å². The van der Waals surface area contributed by atoms with Gasteiger partial charge in [-0.25, -0.2) is 0 Å². The molecule has 166 valence electrons. The van der Waals surface area contributed by atoms with Gasteiger partial charge in [-0.05, 0) is 91.2 Å². The van der Waals surface area contributed by atoms with Crippen molar-refractivity contribution in [2.45, 2.75) is 13.8 Å². The first-order valence-electron chi connectivity index (χ1n) is 11.3. The maximum atomic E-state index is 7.94. The summed E-state index contributed by atoms with van der Waals surface area (Å²) in [5.74, 6) is 0. The lowest BCUT2D eigenvalue weighted by molar-refractivity contribution is 1.37. The van der Waals surface area contributed by atoms with Gasteiger partial charge in [-0.3, -0.25) is 0 Å². The maximum absolute atomic E-state index is 7.94. The SMILES string of the molecule is C=Cc1c(C(=C)c2ccccc2C)cccc1/C(=C/C=N)c1c(C)c(=C)c2ccccc2c1=C. The van der Waals surface area contributed by atoms with E-state index in [9.17, 15) is 0 Å². The Balaban J connectivity index is 2.03. The van der Waals surface area contributed by atoms with E-state index in [4.69, 9.17) is 5.41 Å². The predicted molar refractivity (Wildman–Crippen MR) is 151 cm³/mol. The highest BCUT2D eigenvalue weighted by atomic mass is 14.3. The lowest BCUT2D eigenvalue weighted by Gasteiger charge is -2.20. The lowest BCUT2D eigenvalue weighted by Crippen LogP contribution is -2.20. The average Bonchev–Trinajstić information content (AvgIpc) is 2.86. The second kappa shape index (κ2) is 9.33. The van der Waals surface area contributed by atoms with Gasteiger partial charge in [0.05, 0.1) is 0 Å². The summed E-state index contributed by atoms with van der Waals surface area (Å²) in [6.45, 7) is 21.6. The van der Waals surface area contributed by atoms with Crippen molar-refractivity contribution in [3.8, 4) is 0 Å². The minimum Gasteiger partial charge on any atom is -0.309 e. The Hall–Kier alpha value is -4.23. The number of nitrogens with one attached hydrogen (secondary N) is 1. The third-order valence-electron chi connectivity index (χ3n) is 6.62. The van der Waals surface area contributed by atoms with Crippen molar-refractivity contribution >= 4 is 47.4 Å². The largest absolute Gasteiger partial charge is 0.309 e. The standard InChI is InChI=1S/C33H29N/c1-7-26-29(24(5)27-14-9-8-13-21(27)2)17-12-18-31(26)32(19-20-34)33-23(4)22(3)28-15-10-11-16-30(28)25(33)6/h7-20,34H,1,3,5-6H2,2,4H3/b32-19-,34-20?. The van der Waals surface area contributed by atoms with E-state index < -0.39 is 0 Å². The molecule has 0 unspecified atom stereocenters. The first kappa shape index (κ1) is 22.9. The molecule has 0 amide bonds. The van der Waals surface area contributed by atoms with Gasteiger partial charge in [0.25, 0.3) is 0 Å². The molecule has 0 aliphatic heterocycles. The van der Waals surface area contributed by atoms with Crippen LogP contribution in [0.1, 0.15) is 38.9 Å². The van der Waals surface area contributed by atoms with Crippen molar-refractivity contribution in [2.75, 3.05) is 0 Å². The Morgan fingerprint density at radius 1 is 0.765 bits per heavy atom. The van der Waals surface area contributed by atoms with Gasteiger partial charge in [0.2, 0.25) is 0 Å². The number of aryl methyl sites for hydroxylation is 1. The normalized spacial score (nSPS) is 11.4. The number of benzene rings is 4. The topological polar surface area (TPSA) is 23.9 Å². The average molecular weight is 440 g/mol. The fraction of sp³-hybridized carbons (Fsp3) is 0.0606. The summed E-state index contributed by atoms with van der Waals surface area (Å²) >= 11 is 0. The van der Waals surface area contributed by atoms with Crippen molar-refractivity contribution in [2.24, 2.45) is 0 Å². The van der Waals surface area contributed by atoms with Gasteiger partial charge in [0.15, 0.2) is 0 Å². The molecular formula is C33H29N. The van der Waals surface area contributed by atoms with E-state index in [1.54, 1.807) is 0 Å². The quantitative estimate of drug-likeness (QED) is 0.311. The highest BCUT2D eigenvalue weighted by molar-refractivity contribution is 5.99. The molecule has 0 bridgehead atoms. The molecule has 4 aromatic rings. The highest BCUT2D eigenvalue weighted by Crippen LogP contribution is 2.34. The molecule has 4 aromatic carbocycles. The van der Waals surface area contributed by atoms with E-state index in [1.807, 2.05) is 42.5 Å². The van der Waals surface area contributed by atoms with Crippen LogP contribution in [0.3, 0.4) is 0 Å². The van der Waals surface area contributed by atoms with E-state index in [1.165, 1.54) is 11.8 Å². The van der Waals surface area contributed by atoms with E-state index in [0.29, 0.717) is 0 Å². The van der Waals surface area contributed by atoms with Crippen LogP contribution < -0.4 is 10.4 Å². The van der Waals surface area contributed by atoms with Gasteiger partial charge in [-0.15, -0.1) is 0 Å². The van der Waals surface area contributed by atoms with Gasteiger partial charge in [-0.2, -0.15) is 0 Å². The molecule has 1 heteroatoms. The second-order valence-electron chi connectivity index (χ2n) is 8.51. The van der Waals surface area contributed by atoms with Crippen molar-refractivity contribution in [1.82, 2.24) is 0 Å². The number of rotatable bonds is 6. The van der Waals surface area contributed by atoms with Crippen LogP contribution in [0, 0.1) is 19.3 Å². The van der Waals surface area contributed by atoms with Gasteiger partial charge in [0, 0.05) is 6.21 Å². The highest BCUT2D eigenvalue weighted by Gasteiger charge is 2.18. The Morgan fingerprint density at radius 2 is 1.35 bits per heavy atom. The van der Waals surface area contributed by atoms with E-state index in [2.05, 4.69) is 76.6 Å². The zero-order valence-corrected chi connectivity index (χ0v) is 19.9. The van der Waals surface area contributed by atoms with E-state index in [-0.39, 0.29) is 0 Å². The van der Waals surface area contributed by atoms with Crippen LogP contribution in [-0.4, -0.2) is 6.21 Å². The molecule has 1 N–H and O–H groups in total. The first-order chi connectivity index (χ1) is 16.4. The van der Waals surface area contributed by atoms with Crippen LogP contribution >= 0.6 is 0 Å². The first-order valence-corrected chi connectivity index (χ1v) is 11.3. The molecule has 0 aliphatic rings. The minimum absolute atomic E-state index is 0.933. The van der Waals surface area contributed by atoms with Gasteiger partial charge < -0.3 is 5.41 Å². The summed E-state index contributed by atoms with van der Waals surface area (Å²) in [4.78, 5) is 0. The second-order valence-corrected chi connectivity index (χ2v) is 8.51. The lowest BCUT2D eigenvalue weighted by atomic mass is 9.83. The summed E-state index contributed by atoms with van der Waals surface area (Å²) in [6.07, 6.45) is 5.06. The smallest absolute Gasteiger partial charge is 0.0184 e. The fourth-order valence-corrected chi connectivity index (χ4v) is 4.82. The van der Waals surface area contributed by atoms with Crippen LogP contribution in [0.4, 0.5) is 0 Å². The zero-order chi connectivity index (χ0) is 24.4. The summed E-state index contributed by atoms with van der Waals surface area (Å²) in [5.41, 5.74) is 9.25. The Morgan fingerprint density at radius 3 is 2.00 bits per heavy atom. The summed E-state index contributed by atoms with van der Waals surface area (Å²) in [5, 5.41) is 12.0. The number of hydrogen-bond acceptors (Lipinski definition) is 1. The van der Waals surface area contributed by atoms with Crippen LogP contribution in [0.15, 0.2) is 86.0 Å². The number of fused-ring (bicyclic) bond motifs is 1. The zero-order valence-electron chi connectivity index (χ0n) is 19.9. The van der Waals surface area contributed by atoms with Crippen LogP contribution in [0.2, 0.25) is 0 Å². The van der Waals surface area contributed by atoms with Crippen molar-refractivity contribution in [1.29, 1.82) is 5.41 Å². The van der Waals surface area contributed by atoms with Gasteiger partial charge in [0.1, 0.15) is 0 Å². The molecule has 0 spiro atoms. The number of hydrogen-bond donors (Lipinski definition) is 1. The minimum atomic E-state index is 0.933. The third-order valence-corrected chi connectivity index (χ3v) is 6.62. The molecule has 0 heterocycles. The summed E-state index contributed by atoms with van der Waals surface area (Å²) < 4.78 is 0. The Kier molecular flexibility index (Phi) is 6.30. The van der Waals surface area contributed by atoms with Gasteiger partial charge in [-0.1, -0.05) is 99.1 Å². The Labute approximate surface area is 201 Å². The molecule has 0 aliphatic carbocycles. The summed E-state index contributed by atoms with van der Waals surface area (Å²) in [6, 6.07) is 22.7. The molecule has 0 fully saturated rings. The maximum Gasteiger partial charge on any atom is 0.0184 e. The predicted octanol–water partition coefficient (Wildman–Crippen LogP) is 7.06. The molecule has 0 aromatic heterocycles. The molecule has 0 atom stereocenters. The molecule has 4 rings (SSSR count). The van der Waals surface area contributed by atoms with Crippen molar-refractivity contribution < 1.29 is 0 Å². The summed E-state index contributed by atoms with van der Waals surface area (Å²) in [7, 11) is 0. The molecule has 0 radical (unpaired) electrons. The van der Waals surface area contributed by atoms with E-state index in [0.717, 1.165) is 65.7 Å². The van der Waals surface area contributed by atoms with Crippen molar-refractivity contribution in [3.63, 3.8) is 0 Å². The van der Waals surface area contributed by atoms with Crippen molar-refractivity contribution in [3.05, 3.63) is 135 Å². The molecular weight excluding hydrogens is 410 g/mol. The van der Waals surface area contributed by atoms with Crippen LogP contribution in [0.25, 0.3) is 41.2 Å². The Bertz CT molecular complexity index is 1600. The monoisotopic (exact) mass is 439 g/mol. The van der Waals surface area contributed by atoms with Gasteiger partial charge >= 0.3 is 0 Å². The molecule has 34 heavy (non-hydrogen) atoms. The molecule has 0 saturated heterocycles. The molecule has 0 saturated carbocycles. The third kappa shape index (κ3) is 3.76. The van der Waals surface area contributed by atoms with E-state index >= 15 is 0 Å². The number of allylic oxidation sites excluding steroid dienone is 1. The fourth-order valence-electron chi connectivity index (χ4n) is 4.82. The molecule has 1 nitrogen and oxygen atoms in total. The van der Waals surface area contributed by atoms with Crippen LogP contribution in [0.5, 0.6) is 0 Å².